The fraction of sp³-hybridized carbons (Fsp3) is 0.120. The van der Waals surface area contributed by atoms with Gasteiger partial charge in [0, 0.05) is 28.7 Å². The Morgan fingerprint density at radius 1 is 0.968 bits per heavy atom. The van der Waals surface area contributed by atoms with Gasteiger partial charge in [0.2, 0.25) is 0 Å². The first-order chi connectivity index (χ1) is 15.2. The predicted octanol–water partition coefficient (Wildman–Crippen LogP) is 5.85. The third-order valence-electron chi connectivity index (χ3n) is 4.80. The minimum absolute atomic E-state index is 0.228. The van der Waals surface area contributed by atoms with E-state index in [9.17, 15) is 4.79 Å². The quantitative estimate of drug-likeness (QED) is 0.387. The number of thiazole rings is 1. The van der Waals surface area contributed by atoms with Crippen molar-refractivity contribution in [1.82, 2.24) is 10.3 Å². The molecular weight excluding hydrogens is 406 g/mol. The van der Waals surface area contributed by atoms with Gasteiger partial charge in [-0.05, 0) is 36.2 Å². The van der Waals surface area contributed by atoms with E-state index < -0.39 is 0 Å². The lowest BCUT2D eigenvalue weighted by atomic mass is 10.1. The van der Waals surface area contributed by atoms with E-state index in [2.05, 4.69) is 22.8 Å². The molecule has 2 N–H and O–H groups in total. The Bertz CT molecular complexity index is 1140. The number of nitrogens with zero attached hydrogens (tertiary/aromatic N) is 1. The van der Waals surface area contributed by atoms with E-state index in [0.29, 0.717) is 6.54 Å². The van der Waals surface area contributed by atoms with Gasteiger partial charge in [0.15, 0.2) is 0 Å². The summed E-state index contributed by atoms with van der Waals surface area (Å²) in [5.74, 6) is 0.824. The molecule has 0 radical (unpaired) electrons. The van der Waals surface area contributed by atoms with Crippen molar-refractivity contribution < 1.29 is 9.53 Å². The summed E-state index contributed by atoms with van der Waals surface area (Å²) >= 11 is 1.61. The largest absolute Gasteiger partial charge is 0.497 e. The van der Waals surface area contributed by atoms with Crippen LogP contribution in [0, 0.1) is 0 Å². The van der Waals surface area contributed by atoms with Gasteiger partial charge < -0.3 is 15.4 Å². The number of nitrogens with one attached hydrogen (secondary N) is 2. The smallest absolute Gasteiger partial charge is 0.319 e. The first-order valence-corrected chi connectivity index (χ1v) is 10.9. The van der Waals surface area contributed by atoms with Crippen LogP contribution < -0.4 is 15.4 Å². The van der Waals surface area contributed by atoms with Crippen LogP contribution >= 0.6 is 11.3 Å². The summed E-state index contributed by atoms with van der Waals surface area (Å²) in [5, 5.41) is 8.81. The zero-order valence-corrected chi connectivity index (χ0v) is 18.0. The average molecular weight is 430 g/mol. The Kier molecular flexibility index (Phi) is 6.59. The maximum absolute atomic E-state index is 12.3. The Morgan fingerprint density at radius 3 is 2.52 bits per heavy atom. The van der Waals surface area contributed by atoms with E-state index >= 15 is 0 Å². The molecule has 5 nitrogen and oxygen atoms in total. The van der Waals surface area contributed by atoms with Crippen LogP contribution in [0.5, 0.6) is 5.75 Å². The van der Waals surface area contributed by atoms with Crippen LogP contribution in [0.3, 0.4) is 0 Å². The van der Waals surface area contributed by atoms with Crippen LogP contribution in [0.1, 0.15) is 5.56 Å². The van der Waals surface area contributed by atoms with Crippen molar-refractivity contribution >= 4 is 23.1 Å². The van der Waals surface area contributed by atoms with Crippen LogP contribution in [0.2, 0.25) is 0 Å². The molecule has 0 fully saturated rings. The molecule has 4 aromatic rings. The molecule has 0 atom stereocenters. The molecule has 0 unspecified atom stereocenters. The number of hydrogen-bond acceptors (Lipinski definition) is 4. The molecule has 0 saturated carbocycles. The number of aromatic nitrogens is 1. The van der Waals surface area contributed by atoms with E-state index in [-0.39, 0.29) is 6.03 Å². The number of methoxy groups -OCH3 is 1. The molecule has 31 heavy (non-hydrogen) atoms. The maximum Gasteiger partial charge on any atom is 0.319 e. The third-order valence-corrected chi connectivity index (χ3v) is 5.69. The molecule has 1 heterocycles. The normalized spacial score (nSPS) is 10.5. The number of rotatable bonds is 7. The van der Waals surface area contributed by atoms with Gasteiger partial charge in [-0.15, -0.1) is 11.3 Å². The zero-order chi connectivity index (χ0) is 21.5. The SMILES string of the molecule is COc1ccc(CCNC(=O)Nc2cccc(-c3csc(-c4ccccc4)n3)c2)cc1. The van der Waals surface area contributed by atoms with Crippen LogP contribution in [-0.4, -0.2) is 24.7 Å². The summed E-state index contributed by atoms with van der Waals surface area (Å²) in [4.78, 5) is 17.0. The first kappa shape index (κ1) is 20.6. The molecule has 1 aromatic heterocycles. The second kappa shape index (κ2) is 9.91. The highest BCUT2D eigenvalue weighted by molar-refractivity contribution is 7.13. The fourth-order valence-electron chi connectivity index (χ4n) is 3.16. The second-order valence-electron chi connectivity index (χ2n) is 6.96. The summed E-state index contributed by atoms with van der Waals surface area (Å²) in [6, 6.07) is 25.5. The van der Waals surface area contributed by atoms with Crippen molar-refractivity contribution in [3.8, 4) is 27.6 Å². The molecule has 4 rings (SSSR count). The zero-order valence-electron chi connectivity index (χ0n) is 17.2. The summed E-state index contributed by atoms with van der Waals surface area (Å²) in [7, 11) is 1.65. The molecule has 0 bridgehead atoms. The number of hydrogen-bond donors (Lipinski definition) is 2. The highest BCUT2D eigenvalue weighted by Crippen LogP contribution is 2.29. The van der Waals surface area contributed by atoms with Crippen LogP contribution in [-0.2, 0) is 6.42 Å². The Hall–Kier alpha value is -3.64. The van der Waals surface area contributed by atoms with Gasteiger partial charge in [0.25, 0.3) is 0 Å². The molecule has 0 saturated heterocycles. The molecule has 0 aliphatic rings. The minimum Gasteiger partial charge on any atom is -0.497 e. The lowest BCUT2D eigenvalue weighted by Crippen LogP contribution is -2.30. The van der Waals surface area contributed by atoms with Crippen LogP contribution in [0.4, 0.5) is 10.5 Å². The van der Waals surface area contributed by atoms with Crippen molar-refractivity contribution in [3.05, 3.63) is 89.8 Å². The molecule has 3 aromatic carbocycles. The highest BCUT2D eigenvalue weighted by atomic mass is 32.1. The summed E-state index contributed by atoms with van der Waals surface area (Å²) in [6.07, 6.45) is 0.749. The lowest BCUT2D eigenvalue weighted by molar-refractivity contribution is 0.252. The number of benzene rings is 3. The van der Waals surface area contributed by atoms with Crippen LogP contribution in [0.25, 0.3) is 21.8 Å². The van der Waals surface area contributed by atoms with Gasteiger partial charge in [-0.3, -0.25) is 0 Å². The Labute approximate surface area is 185 Å². The monoisotopic (exact) mass is 429 g/mol. The lowest BCUT2D eigenvalue weighted by Gasteiger charge is -2.09. The first-order valence-electron chi connectivity index (χ1n) is 10.0. The van der Waals surface area contributed by atoms with Crippen molar-refractivity contribution in [2.45, 2.75) is 6.42 Å². The predicted molar refractivity (Wildman–Crippen MR) is 127 cm³/mol. The summed E-state index contributed by atoms with van der Waals surface area (Å²) in [6.45, 7) is 0.546. The molecule has 156 valence electrons. The number of carbonyl (C=O) groups is 1. The molecular formula is C25H23N3O2S. The van der Waals surface area contributed by atoms with Gasteiger partial charge in [0.1, 0.15) is 10.8 Å². The maximum atomic E-state index is 12.3. The minimum atomic E-state index is -0.228. The standard InChI is InChI=1S/C25H23N3O2S/c1-30-22-12-10-18(11-13-22)14-15-26-25(29)27-21-9-5-8-20(16-21)23-17-31-24(28-23)19-6-3-2-4-7-19/h2-13,16-17H,14-15H2,1H3,(H2,26,27,29). The molecule has 6 heteroatoms. The Balaban J connectivity index is 1.34. The molecule has 2 amide bonds. The average Bonchev–Trinajstić information content (AvgIpc) is 3.31. The second-order valence-corrected chi connectivity index (χ2v) is 7.82. The number of ether oxygens (including phenoxy) is 1. The van der Waals surface area contributed by atoms with E-state index in [1.807, 2.05) is 72.1 Å². The third kappa shape index (κ3) is 5.49. The molecule has 0 spiro atoms. The topological polar surface area (TPSA) is 63.2 Å². The summed E-state index contributed by atoms with van der Waals surface area (Å²) in [5.41, 5.74) is 4.83. The van der Waals surface area contributed by atoms with Crippen molar-refractivity contribution in [2.75, 3.05) is 19.0 Å². The highest BCUT2D eigenvalue weighted by Gasteiger charge is 2.08. The van der Waals surface area contributed by atoms with Crippen molar-refractivity contribution in [2.24, 2.45) is 0 Å². The molecule has 0 aliphatic heterocycles. The molecule has 0 aliphatic carbocycles. The number of urea groups is 1. The van der Waals surface area contributed by atoms with Gasteiger partial charge in [-0.25, -0.2) is 9.78 Å². The van der Waals surface area contributed by atoms with Gasteiger partial charge >= 0.3 is 6.03 Å². The van der Waals surface area contributed by atoms with E-state index in [1.54, 1.807) is 18.4 Å². The fourth-order valence-corrected chi connectivity index (χ4v) is 4.00. The van der Waals surface area contributed by atoms with E-state index in [0.717, 1.165) is 45.2 Å². The van der Waals surface area contributed by atoms with E-state index in [1.165, 1.54) is 0 Å². The number of amides is 2. The van der Waals surface area contributed by atoms with Gasteiger partial charge in [0.05, 0.1) is 12.8 Å². The van der Waals surface area contributed by atoms with Crippen molar-refractivity contribution in [3.63, 3.8) is 0 Å². The number of carbonyl (C=O) groups excluding carboxylic acids is 1. The van der Waals surface area contributed by atoms with Crippen LogP contribution in [0.15, 0.2) is 84.2 Å². The Morgan fingerprint density at radius 2 is 1.74 bits per heavy atom. The van der Waals surface area contributed by atoms with Crippen molar-refractivity contribution in [1.29, 1.82) is 0 Å². The summed E-state index contributed by atoms with van der Waals surface area (Å²) < 4.78 is 5.16. The van der Waals surface area contributed by atoms with E-state index in [4.69, 9.17) is 9.72 Å². The van der Waals surface area contributed by atoms with Gasteiger partial charge in [-0.2, -0.15) is 0 Å². The van der Waals surface area contributed by atoms with Gasteiger partial charge in [-0.1, -0.05) is 54.6 Å². The number of anilines is 1.